The van der Waals surface area contributed by atoms with Crippen molar-refractivity contribution in [3.8, 4) is 0 Å². The lowest BCUT2D eigenvalue weighted by molar-refractivity contribution is 0.553. The normalized spacial score (nSPS) is 11.8. The Kier molecular flexibility index (Phi) is 3.44. The minimum absolute atomic E-state index is 0.264. The fraction of sp³-hybridized carbons (Fsp3) is 0.400. The predicted molar refractivity (Wildman–Crippen MR) is 63.1 cm³/mol. The highest BCUT2D eigenvalue weighted by Gasteiger charge is 2.14. The molecule has 0 aromatic heterocycles. The molecule has 0 bridgehead atoms. The van der Waals surface area contributed by atoms with Crippen molar-refractivity contribution in [1.82, 2.24) is 0 Å². The van der Waals surface area contributed by atoms with Crippen molar-refractivity contribution in [2.75, 3.05) is 6.26 Å². The molecule has 0 aliphatic rings. The summed E-state index contributed by atoms with van der Waals surface area (Å²) in [7, 11) is 0. The first-order chi connectivity index (χ1) is 5.95. The van der Waals surface area contributed by atoms with Crippen LogP contribution in [0.4, 0.5) is 0 Å². The molecule has 0 atom stereocenters. The number of nitrogens with two attached hydrogens (primary N) is 1. The van der Waals surface area contributed by atoms with E-state index in [0.29, 0.717) is 0 Å². The first kappa shape index (κ1) is 11.1. The van der Waals surface area contributed by atoms with Crippen molar-refractivity contribution >= 4 is 27.7 Å². The second-order valence-corrected chi connectivity index (χ2v) is 5.27. The first-order valence-corrected chi connectivity index (χ1v) is 6.10. The lowest BCUT2D eigenvalue weighted by Gasteiger charge is -2.19. The molecule has 1 aromatic rings. The molecule has 0 spiro atoms. The van der Waals surface area contributed by atoms with Gasteiger partial charge in [-0.2, -0.15) is 0 Å². The smallest absolute Gasteiger partial charge is 0.0352 e. The van der Waals surface area contributed by atoms with Gasteiger partial charge in [-0.3, -0.25) is 0 Å². The van der Waals surface area contributed by atoms with E-state index in [9.17, 15) is 0 Å². The molecule has 13 heavy (non-hydrogen) atoms. The van der Waals surface area contributed by atoms with E-state index in [1.807, 2.05) is 13.8 Å². The Bertz CT molecular complexity index is 304. The fourth-order valence-corrected chi connectivity index (χ4v) is 2.39. The fourth-order valence-electron chi connectivity index (χ4n) is 1.07. The number of rotatable bonds is 2. The van der Waals surface area contributed by atoms with Crippen LogP contribution in [0, 0.1) is 0 Å². The van der Waals surface area contributed by atoms with Crippen LogP contribution in [0.1, 0.15) is 19.4 Å². The third-order valence-corrected chi connectivity index (χ3v) is 3.61. The van der Waals surface area contributed by atoms with Crippen molar-refractivity contribution in [1.29, 1.82) is 0 Å². The summed E-state index contributed by atoms with van der Waals surface area (Å²) in [6.07, 6.45) is 2.06. The minimum atomic E-state index is -0.264. The first-order valence-electron chi connectivity index (χ1n) is 4.08. The van der Waals surface area contributed by atoms with Gasteiger partial charge in [0.25, 0.3) is 0 Å². The average Bonchev–Trinajstić information content (AvgIpc) is 2.02. The molecule has 0 saturated carbocycles. The van der Waals surface area contributed by atoms with Crippen LogP contribution in [0.25, 0.3) is 0 Å². The molecule has 0 radical (unpaired) electrons. The van der Waals surface area contributed by atoms with Crippen molar-refractivity contribution in [2.45, 2.75) is 24.3 Å². The molecule has 2 N–H and O–H groups in total. The van der Waals surface area contributed by atoms with Crippen molar-refractivity contribution < 1.29 is 0 Å². The van der Waals surface area contributed by atoms with E-state index in [0.717, 1.165) is 10.0 Å². The zero-order valence-corrected chi connectivity index (χ0v) is 10.5. The standard InChI is InChI=1S/C10H14BrNS/c1-10(2,12)7-4-5-9(13-3)8(11)6-7/h4-6H,12H2,1-3H3. The molecule has 0 aliphatic carbocycles. The summed E-state index contributed by atoms with van der Waals surface area (Å²) in [5.41, 5.74) is 6.88. The number of halogens is 1. The van der Waals surface area contributed by atoms with E-state index in [-0.39, 0.29) is 5.54 Å². The van der Waals surface area contributed by atoms with Crippen LogP contribution in [-0.2, 0) is 5.54 Å². The van der Waals surface area contributed by atoms with Gasteiger partial charge >= 0.3 is 0 Å². The quantitative estimate of drug-likeness (QED) is 0.825. The van der Waals surface area contributed by atoms with Crippen molar-refractivity contribution in [3.05, 3.63) is 28.2 Å². The summed E-state index contributed by atoms with van der Waals surface area (Å²) in [6, 6.07) is 6.26. The lowest BCUT2D eigenvalue weighted by Crippen LogP contribution is -2.28. The van der Waals surface area contributed by atoms with Gasteiger partial charge in [0.15, 0.2) is 0 Å². The molecule has 0 heterocycles. The molecular formula is C10H14BrNS. The van der Waals surface area contributed by atoms with Crippen molar-refractivity contribution in [2.24, 2.45) is 5.73 Å². The Morgan fingerprint density at radius 3 is 2.38 bits per heavy atom. The molecule has 0 saturated heterocycles. The Morgan fingerprint density at radius 1 is 1.38 bits per heavy atom. The van der Waals surface area contributed by atoms with E-state index < -0.39 is 0 Å². The lowest BCUT2D eigenvalue weighted by atomic mass is 9.96. The second-order valence-electron chi connectivity index (χ2n) is 3.57. The van der Waals surface area contributed by atoms with E-state index in [1.165, 1.54) is 4.90 Å². The van der Waals surface area contributed by atoms with Crippen LogP contribution in [0.15, 0.2) is 27.6 Å². The van der Waals surface area contributed by atoms with Crippen LogP contribution >= 0.6 is 27.7 Å². The Morgan fingerprint density at radius 2 is 2.00 bits per heavy atom. The van der Waals surface area contributed by atoms with E-state index in [4.69, 9.17) is 5.73 Å². The van der Waals surface area contributed by atoms with Crippen LogP contribution < -0.4 is 5.73 Å². The van der Waals surface area contributed by atoms with Gasteiger partial charge in [-0.25, -0.2) is 0 Å². The molecule has 0 fully saturated rings. The zero-order chi connectivity index (χ0) is 10.1. The monoisotopic (exact) mass is 259 g/mol. The summed E-state index contributed by atoms with van der Waals surface area (Å²) in [6.45, 7) is 4.01. The molecule has 0 aliphatic heterocycles. The summed E-state index contributed by atoms with van der Waals surface area (Å²) < 4.78 is 1.12. The summed E-state index contributed by atoms with van der Waals surface area (Å²) in [5, 5.41) is 0. The molecule has 1 nitrogen and oxygen atoms in total. The molecule has 1 aromatic carbocycles. The third kappa shape index (κ3) is 2.73. The van der Waals surface area contributed by atoms with Gasteiger partial charge in [0.2, 0.25) is 0 Å². The van der Waals surface area contributed by atoms with Crippen LogP contribution in [0.5, 0.6) is 0 Å². The highest BCUT2D eigenvalue weighted by atomic mass is 79.9. The maximum absolute atomic E-state index is 5.99. The van der Waals surface area contributed by atoms with Crippen molar-refractivity contribution in [3.63, 3.8) is 0 Å². The average molecular weight is 260 g/mol. The van der Waals surface area contributed by atoms with Gasteiger partial charge in [0, 0.05) is 14.9 Å². The van der Waals surface area contributed by atoms with E-state index in [1.54, 1.807) is 11.8 Å². The van der Waals surface area contributed by atoms with Crippen LogP contribution in [-0.4, -0.2) is 6.26 Å². The zero-order valence-electron chi connectivity index (χ0n) is 8.10. The maximum Gasteiger partial charge on any atom is 0.0352 e. The number of benzene rings is 1. The largest absolute Gasteiger partial charge is 0.322 e. The molecule has 1 rings (SSSR count). The molecular weight excluding hydrogens is 246 g/mol. The molecule has 3 heteroatoms. The highest BCUT2D eigenvalue weighted by Crippen LogP contribution is 2.29. The van der Waals surface area contributed by atoms with E-state index in [2.05, 4.69) is 40.4 Å². The summed E-state index contributed by atoms with van der Waals surface area (Å²) in [4.78, 5) is 1.24. The molecule has 0 unspecified atom stereocenters. The topological polar surface area (TPSA) is 26.0 Å². The minimum Gasteiger partial charge on any atom is -0.322 e. The maximum atomic E-state index is 5.99. The van der Waals surface area contributed by atoms with Gasteiger partial charge in [0.05, 0.1) is 0 Å². The van der Waals surface area contributed by atoms with Gasteiger partial charge in [-0.05, 0) is 53.7 Å². The number of hydrogen-bond acceptors (Lipinski definition) is 2. The summed E-state index contributed by atoms with van der Waals surface area (Å²) >= 11 is 5.25. The predicted octanol–water partition coefficient (Wildman–Crippen LogP) is 3.36. The third-order valence-electron chi connectivity index (χ3n) is 1.90. The Hall–Kier alpha value is 0.01000. The van der Waals surface area contributed by atoms with E-state index >= 15 is 0 Å². The molecule has 72 valence electrons. The Labute approximate surface area is 92.2 Å². The van der Waals surface area contributed by atoms with Gasteiger partial charge in [-0.1, -0.05) is 6.07 Å². The summed E-state index contributed by atoms with van der Waals surface area (Å²) in [5.74, 6) is 0. The highest BCUT2D eigenvalue weighted by molar-refractivity contribution is 9.10. The van der Waals surface area contributed by atoms with Crippen LogP contribution in [0.2, 0.25) is 0 Å². The van der Waals surface area contributed by atoms with Gasteiger partial charge in [0.1, 0.15) is 0 Å². The van der Waals surface area contributed by atoms with Crippen LogP contribution in [0.3, 0.4) is 0 Å². The number of thioether (sulfide) groups is 1. The second kappa shape index (κ2) is 4.03. The number of hydrogen-bond donors (Lipinski definition) is 1. The van der Waals surface area contributed by atoms with Gasteiger partial charge in [-0.15, -0.1) is 11.8 Å². The molecule has 0 amide bonds. The Balaban J connectivity index is 3.10. The van der Waals surface area contributed by atoms with Gasteiger partial charge < -0.3 is 5.73 Å². The SMILES string of the molecule is CSc1ccc(C(C)(C)N)cc1Br.